The van der Waals surface area contributed by atoms with Gasteiger partial charge in [-0.1, -0.05) is 0 Å². The van der Waals surface area contributed by atoms with Crippen LogP contribution >= 0.6 is 0 Å². The molecule has 0 fully saturated rings. The van der Waals surface area contributed by atoms with Crippen molar-refractivity contribution in [2.24, 2.45) is 0 Å². The summed E-state index contributed by atoms with van der Waals surface area (Å²) in [5.74, 6) is 0. The molecule has 0 spiro atoms. The number of rotatable bonds is 0. The third-order valence-corrected chi connectivity index (χ3v) is 0. The van der Waals surface area contributed by atoms with Crippen molar-refractivity contribution in [1.82, 2.24) is 0 Å². The number of hydrogen-bond donors (Lipinski definition) is 0. The second kappa shape index (κ2) is 21.8. The Kier molecular flexibility index (Phi) is 230. The molecule has 0 rings (SSSR count). The fraction of sp³-hybridized carbons (Fsp3) is 0. The van der Waals surface area contributed by atoms with Gasteiger partial charge in [0.2, 0.25) is 0 Å². The van der Waals surface area contributed by atoms with Crippen LogP contribution in [0.4, 0.5) is 0 Å². The van der Waals surface area contributed by atoms with E-state index < -0.39 is 0 Å². The molecule has 0 nitrogen and oxygen atoms in total. The summed E-state index contributed by atoms with van der Waals surface area (Å²) in [6.07, 6.45) is 0. The molecule has 0 aromatic heterocycles. The largest absolute Gasteiger partial charge is 3.00 e. The second-order valence-electron chi connectivity index (χ2n) is 0. The van der Waals surface area contributed by atoms with Crippen molar-refractivity contribution in [3.63, 3.8) is 0 Å². The Balaban J connectivity index is 0. The van der Waals surface area contributed by atoms with Gasteiger partial charge in [0, 0.05) is 0 Å². The van der Waals surface area contributed by atoms with E-state index in [4.69, 9.17) is 0 Å². The normalized spacial score (nSPS) is 0. The van der Waals surface area contributed by atoms with Crippen LogP contribution in [0.5, 0.6) is 0 Å². The molecule has 0 aliphatic heterocycles. The van der Waals surface area contributed by atoms with E-state index in [1.165, 1.54) is 0 Å². The maximum atomic E-state index is 0. The van der Waals surface area contributed by atoms with Crippen LogP contribution in [0.2, 0.25) is 0 Å². The van der Waals surface area contributed by atoms with Crippen molar-refractivity contribution < 1.29 is 63.4 Å². The van der Waals surface area contributed by atoms with Gasteiger partial charge in [0.05, 0.1) is 0 Å². The van der Waals surface area contributed by atoms with E-state index in [1.54, 1.807) is 0 Å². The molecule has 0 amide bonds. The first-order chi connectivity index (χ1) is 0. The summed E-state index contributed by atoms with van der Waals surface area (Å²) >= 11 is 0. The standard InChI is InChI=1S/3ClH.Zr/h3*1H;/q;;;+3/p-3. The average molecular weight is 198 g/mol. The summed E-state index contributed by atoms with van der Waals surface area (Å²) < 4.78 is 0. The van der Waals surface area contributed by atoms with Gasteiger partial charge in [-0.2, -0.15) is 0 Å². The van der Waals surface area contributed by atoms with Gasteiger partial charge >= 0.3 is 26.2 Å². The molecule has 0 saturated carbocycles. The molecule has 0 saturated heterocycles. The van der Waals surface area contributed by atoms with Crippen LogP contribution in [0.25, 0.3) is 0 Å². The summed E-state index contributed by atoms with van der Waals surface area (Å²) in [4.78, 5) is 0. The molecule has 25 valence electrons. The smallest absolute Gasteiger partial charge is 1.00 e. The molecule has 0 unspecified atom stereocenters. The molecule has 1 radical (unpaired) electrons. The minimum atomic E-state index is 0. The Morgan fingerprint density at radius 1 is 0.500 bits per heavy atom. The molecular weight excluding hydrogens is 198 g/mol. The maximum Gasteiger partial charge on any atom is 3.00 e. The SMILES string of the molecule is [Cl-].[Cl-].[Cl-].[Zr+3]. The van der Waals surface area contributed by atoms with Gasteiger partial charge in [-0.15, -0.1) is 0 Å². The van der Waals surface area contributed by atoms with E-state index in [0.29, 0.717) is 0 Å². The van der Waals surface area contributed by atoms with Crippen molar-refractivity contribution >= 4 is 0 Å². The Labute approximate surface area is 63.1 Å². The van der Waals surface area contributed by atoms with E-state index in [9.17, 15) is 0 Å². The molecule has 0 aliphatic carbocycles. The van der Waals surface area contributed by atoms with Crippen LogP contribution in [0, 0.1) is 0 Å². The summed E-state index contributed by atoms with van der Waals surface area (Å²) in [6.45, 7) is 0. The van der Waals surface area contributed by atoms with Crippen molar-refractivity contribution in [3.8, 4) is 0 Å². The second-order valence-corrected chi connectivity index (χ2v) is 0. The van der Waals surface area contributed by atoms with Gasteiger partial charge in [-0.3, -0.25) is 0 Å². The summed E-state index contributed by atoms with van der Waals surface area (Å²) in [5, 5.41) is 0. The Hall–Kier alpha value is 1.75. The Morgan fingerprint density at radius 3 is 0.500 bits per heavy atom. The van der Waals surface area contributed by atoms with Crippen molar-refractivity contribution in [1.29, 1.82) is 0 Å². The zero-order valence-corrected chi connectivity index (χ0v) is 6.36. The molecule has 4 heavy (non-hydrogen) atoms. The fourth-order valence-corrected chi connectivity index (χ4v) is 0. The van der Waals surface area contributed by atoms with Gasteiger partial charge in [0.15, 0.2) is 0 Å². The summed E-state index contributed by atoms with van der Waals surface area (Å²) in [6, 6.07) is 0. The van der Waals surface area contributed by atoms with Gasteiger partial charge in [0.1, 0.15) is 0 Å². The third-order valence-electron chi connectivity index (χ3n) is 0. The zero-order chi connectivity index (χ0) is 0. The monoisotopic (exact) mass is 195 g/mol. The van der Waals surface area contributed by atoms with Gasteiger partial charge in [-0.05, 0) is 0 Å². The Bertz CT molecular complexity index is 3.25. The fourth-order valence-electron chi connectivity index (χ4n) is 0. The van der Waals surface area contributed by atoms with Crippen LogP contribution in [0.15, 0.2) is 0 Å². The molecule has 0 aromatic carbocycles. The van der Waals surface area contributed by atoms with Crippen LogP contribution in [-0.2, 0) is 26.2 Å². The van der Waals surface area contributed by atoms with Gasteiger partial charge in [-0.25, -0.2) is 0 Å². The molecule has 0 aromatic rings. The van der Waals surface area contributed by atoms with Crippen molar-refractivity contribution in [3.05, 3.63) is 0 Å². The van der Waals surface area contributed by atoms with Crippen LogP contribution in [0.1, 0.15) is 0 Å². The third kappa shape index (κ3) is 9.26. The topological polar surface area (TPSA) is 0 Å². The predicted molar refractivity (Wildman–Crippen MR) is 0 cm³/mol. The molecular formula is Cl3Zr. The van der Waals surface area contributed by atoms with Gasteiger partial charge in [0.25, 0.3) is 0 Å². The minimum Gasteiger partial charge on any atom is -1.00 e. The van der Waals surface area contributed by atoms with Crippen molar-refractivity contribution in [2.75, 3.05) is 0 Å². The van der Waals surface area contributed by atoms with Crippen LogP contribution in [-0.4, -0.2) is 0 Å². The van der Waals surface area contributed by atoms with Crippen LogP contribution < -0.4 is 37.2 Å². The predicted octanol–water partition coefficient (Wildman–Crippen LogP) is -8.99. The quantitative estimate of drug-likeness (QED) is 0.362. The summed E-state index contributed by atoms with van der Waals surface area (Å²) in [5.41, 5.74) is 0. The van der Waals surface area contributed by atoms with E-state index >= 15 is 0 Å². The van der Waals surface area contributed by atoms with E-state index in [2.05, 4.69) is 0 Å². The van der Waals surface area contributed by atoms with E-state index in [1.807, 2.05) is 0 Å². The number of halogens is 3. The molecule has 0 atom stereocenters. The average Bonchev–Trinajstić information content (AvgIpc) is 0. The first-order valence-electron chi connectivity index (χ1n) is 0. The van der Waals surface area contributed by atoms with Crippen LogP contribution in [0.3, 0.4) is 0 Å². The first-order valence-corrected chi connectivity index (χ1v) is 0. The Morgan fingerprint density at radius 2 is 0.500 bits per heavy atom. The maximum absolute atomic E-state index is 0. The number of hydrogen-bond acceptors (Lipinski definition) is 0. The molecule has 0 heterocycles. The minimum absolute atomic E-state index is 0. The van der Waals surface area contributed by atoms with Gasteiger partial charge < -0.3 is 37.2 Å². The summed E-state index contributed by atoms with van der Waals surface area (Å²) in [7, 11) is 0. The first kappa shape index (κ1) is 42.3. The zero-order valence-electron chi connectivity index (χ0n) is 1.63. The van der Waals surface area contributed by atoms with Crippen molar-refractivity contribution in [2.45, 2.75) is 0 Å². The van der Waals surface area contributed by atoms with E-state index in [0.717, 1.165) is 0 Å². The molecule has 0 N–H and O–H groups in total. The molecule has 0 bridgehead atoms. The molecule has 0 aliphatic rings. The molecule has 4 heteroatoms. The van der Waals surface area contributed by atoms with E-state index in [-0.39, 0.29) is 63.4 Å².